The van der Waals surface area contributed by atoms with Gasteiger partial charge in [0.1, 0.15) is 12.4 Å². The zero-order valence-corrected chi connectivity index (χ0v) is 13.6. The molecule has 1 unspecified atom stereocenters. The van der Waals surface area contributed by atoms with Gasteiger partial charge in [-0.3, -0.25) is 9.69 Å². The first-order valence-corrected chi connectivity index (χ1v) is 8.26. The molecule has 0 aliphatic carbocycles. The standard InChI is InChI=1S/C15H25N5O3/c1-18-13(11-21)16-17-15(18)12-3-2-4-19(9-12)10-14(22)20-5-7-23-8-6-20/h12,21H,2-11H2,1H3. The maximum Gasteiger partial charge on any atom is 0.236 e. The van der Waals surface area contributed by atoms with E-state index in [2.05, 4.69) is 15.1 Å². The van der Waals surface area contributed by atoms with Gasteiger partial charge in [-0.15, -0.1) is 10.2 Å². The van der Waals surface area contributed by atoms with Crippen LogP contribution in [0.4, 0.5) is 0 Å². The fourth-order valence-electron chi connectivity index (χ4n) is 3.38. The number of piperidine rings is 1. The van der Waals surface area contributed by atoms with Crippen molar-refractivity contribution in [3.8, 4) is 0 Å². The fraction of sp³-hybridized carbons (Fsp3) is 0.800. The van der Waals surface area contributed by atoms with Crippen molar-refractivity contribution in [2.75, 3.05) is 45.9 Å². The lowest BCUT2D eigenvalue weighted by atomic mass is 9.97. The Morgan fingerprint density at radius 3 is 2.78 bits per heavy atom. The predicted octanol–water partition coefficient (Wildman–Crippen LogP) is -0.654. The molecule has 0 aromatic carbocycles. The molecule has 1 amide bonds. The number of hydrogen-bond acceptors (Lipinski definition) is 6. The van der Waals surface area contributed by atoms with Crippen molar-refractivity contribution < 1.29 is 14.6 Å². The average Bonchev–Trinajstić information content (AvgIpc) is 2.96. The first-order valence-electron chi connectivity index (χ1n) is 8.26. The van der Waals surface area contributed by atoms with Gasteiger partial charge in [-0.2, -0.15) is 0 Å². The van der Waals surface area contributed by atoms with Crippen LogP contribution in [0.25, 0.3) is 0 Å². The summed E-state index contributed by atoms with van der Waals surface area (Å²) in [6.45, 7) is 4.77. The number of carbonyl (C=O) groups excluding carboxylic acids is 1. The smallest absolute Gasteiger partial charge is 0.236 e. The van der Waals surface area contributed by atoms with Gasteiger partial charge >= 0.3 is 0 Å². The predicted molar refractivity (Wildman–Crippen MR) is 82.7 cm³/mol. The highest BCUT2D eigenvalue weighted by Crippen LogP contribution is 2.25. The highest BCUT2D eigenvalue weighted by molar-refractivity contribution is 5.78. The molecule has 8 heteroatoms. The van der Waals surface area contributed by atoms with E-state index in [4.69, 9.17) is 4.74 Å². The number of aliphatic hydroxyl groups is 1. The maximum atomic E-state index is 12.4. The van der Waals surface area contributed by atoms with E-state index in [9.17, 15) is 9.90 Å². The summed E-state index contributed by atoms with van der Waals surface area (Å²) in [5, 5.41) is 17.5. The molecule has 0 saturated carbocycles. The summed E-state index contributed by atoms with van der Waals surface area (Å²) in [4.78, 5) is 16.5. The molecule has 1 aromatic rings. The molecule has 2 aliphatic heterocycles. The van der Waals surface area contributed by atoms with Crippen molar-refractivity contribution in [2.24, 2.45) is 7.05 Å². The summed E-state index contributed by atoms with van der Waals surface area (Å²) < 4.78 is 7.17. The molecular formula is C15H25N5O3. The van der Waals surface area contributed by atoms with E-state index in [0.717, 1.165) is 31.8 Å². The van der Waals surface area contributed by atoms with Crippen LogP contribution in [0.5, 0.6) is 0 Å². The Bertz CT molecular complexity index is 541. The molecule has 2 saturated heterocycles. The van der Waals surface area contributed by atoms with E-state index >= 15 is 0 Å². The molecule has 1 N–H and O–H groups in total. The van der Waals surface area contributed by atoms with E-state index in [1.807, 2.05) is 16.5 Å². The van der Waals surface area contributed by atoms with Crippen molar-refractivity contribution in [3.63, 3.8) is 0 Å². The topological polar surface area (TPSA) is 83.7 Å². The van der Waals surface area contributed by atoms with Crippen LogP contribution in [-0.4, -0.2) is 81.5 Å². The number of aliphatic hydroxyl groups excluding tert-OH is 1. The molecule has 1 atom stereocenters. The van der Waals surface area contributed by atoms with Crippen molar-refractivity contribution in [1.29, 1.82) is 0 Å². The van der Waals surface area contributed by atoms with Gasteiger partial charge in [-0.25, -0.2) is 0 Å². The molecule has 0 spiro atoms. The average molecular weight is 323 g/mol. The highest BCUT2D eigenvalue weighted by atomic mass is 16.5. The molecule has 8 nitrogen and oxygen atoms in total. The third-order valence-electron chi connectivity index (χ3n) is 4.73. The number of hydrogen-bond donors (Lipinski definition) is 1. The van der Waals surface area contributed by atoms with Crippen LogP contribution in [0.1, 0.15) is 30.4 Å². The number of ether oxygens (including phenoxy) is 1. The van der Waals surface area contributed by atoms with Gasteiger partial charge in [0.25, 0.3) is 0 Å². The SMILES string of the molecule is Cn1c(CO)nnc1C1CCCN(CC(=O)N2CCOCC2)C1. The van der Waals surface area contributed by atoms with Gasteiger partial charge < -0.3 is 19.3 Å². The Balaban J connectivity index is 1.59. The Labute approximate surface area is 136 Å². The molecule has 2 aliphatic rings. The number of carbonyl (C=O) groups is 1. The maximum absolute atomic E-state index is 12.4. The van der Waals surface area contributed by atoms with Crippen LogP contribution in [-0.2, 0) is 23.2 Å². The molecule has 0 bridgehead atoms. The third kappa shape index (κ3) is 3.70. The van der Waals surface area contributed by atoms with Crippen LogP contribution < -0.4 is 0 Å². The molecule has 0 radical (unpaired) electrons. The fourth-order valence-corrected chi connectivity index (χ4v) is 3.38. The molecule has 2 fully saturated rings. The second-order valence-electron chi connectivity index (χ2n) is 6.26. The molecule has 3 heterocycles. The summed E-state index contributed by atoms with van der Waals surface area (Å²) in [5.41, 5.74) is 0. The number of amides is 1. The molecule has 1 aromatic heterocycles. The van der Waals surface area contributed by atoms with Crippen molar-refractivity contribution >= 4 is 5.91 Å². The summed E-state index contributed by atoms with van der Waals surface area (Å²) in [7, 11) is 1.89. The van der Waals surface area contributed by atoms with E-state index in [0.29, 0.717) is 38.7 Å². The Hall–Kier alpha value is -1.51. The van der Waals surface area contributed by atoms with Gasteiger partial charge in [-0.1, -0.05) is 0 Å². The van der Waals surface area contributed by atoms with Gasteiger partial charge in [0.05, 0.1) is 19.8 Å². The zero-order valence-electron chi connectivity index (χ0n) is 13.6. The largest absolute Gasteiger partial charge is 0.388 e. The second kappa shape index (κ2) is 7.37. The van der Waals surface area contributed by atoms with E-state index in [1.165, 1.54) is 0 Å². The van der Waals surface area contributed by atoms with Crippen LogP contribution in [0, 0.1) is 0 Å². The number of aromatic nitrogens is 3. The highest BCUT2D eigenvalue weighted by Gasteiger charge is 2.28. The van der Waals surface area contributed by atoms with E-state index in [-0.39, 0.29) is 18.4 Å². The van der Waals surface area contributed by atoms with Crippen LogP contribution >= 0.6 is 0 Å². The minimum Gasteiger partial charge on any atom is -0.388 e. The molecular weight excluding hydrogens is 298 g/mol. The quantitative estimate of drug-likeness (QED) is 0.792. The zero-order chi connectivity index (χ0) is 16.2. The van der Waals surface area contributed by atoms with Gasteiger partial charge in [0.15, 0.2) is 5.82 Å². The van der Waals surface area contributed by atoms with E-state index in [1.54, 1.807) is 0 Å². The Morgan fingerprint density at radius 1 is 1.30 bits per heavy atom. The van der Waals surface area contributed by atoms with Crippen molar-refractivity contribution in [2.45, 2.75) is 25.4 Å². The lowest BCUT2D eigenvalue weighted by Crippen LogP contribution is -2.47. The summed E-state index contributed by atoms with van der Waals surface area (Å²) in [6, 6.07) is 0. The number of nitrogens with zero attached hydrogens (tertiary/aromatic N) is 5. The number of likely N-dealkylation sites (tertiary alicyclic amines) is 1. The van der Waals surface area contributed by atoms with E-state index < -0.39 is 0 Å². The Morgan fingerprint density at radius 2 is 2.09 bits per heavy atom. The van der Waals surface area contributed by atoms with Crippen molar-refractivity contribution in [3.05, 3.63) is 11.6 Å². The number of rotatable bonds is 4. The molecule has 128 valence electrons. The monoisotopic (exact) mass is 323 g/mol. The lowest BCUT2D eigenvalue weighted by Gasteiger charge is -2.34. The van der Waals surface area contributed by atoms with Crippen LogP contribution in [0.2, 0.25) is 0 Å². The Kier molecular flexibility index (Phi) is 5.24. The first-order chi connectivity index (χ1) is 11.2. The third-order valence-corrected chi connectivity index (χ3v) is 4.73. The first kappa shape index (κ1) is 16.4. The normalized spacial score (nSPS) is 23.2. The molecule has 3 rings (SSSR count). The van der Waals surface area contributed by atoms with Gasteiger partial charge in [0.2, 0.25) is 5.91 Å². The van der Waals surface area contributed by atoms with Crippen LogP contribution in [0.3, 0.4) is 0 Å². The molecule has 23 heavy (non-hydrogen) atoms. The van der Waals surface area contributed by atoms with Crippen LogP contribution in [0.15, 0.2) is 0 Å². The van der Waals surface area contributed by atoms with Crippen molar-refractivity contribution in [1.82, 2.24) is 24.6 Å². The second-order valence-corrected chi connectivity index (χ2v) is 6.26. The summed E-state index contributed by atoms with van der Waals surface area (Å²) >= 11 is 0. The van der Waals surface area contributed by atoms with Gasteiger partial charge in [-0.05, 0) is 19.4 Å². The summed E-state index contributed by atoms with van der Waals surface area (Å²) in [5.74, 6) is 1.93. The minimum atomic E-state index is -0.102. The number of morpholine rings is 1. The lowest BCUT2D eigenvalue weighted by molar-refractivity contribution is -0.136. The van der Waals surface area contributed by atoms with Gasteiger partial charge in [0, 0.05) is 32.6 Å². The summed E-state index contributed by atoms with van der Waals surface area (Å²) in [6.07, 6.45) is 2.09. The minimum absolute atomic E-state index is 0.102.